The molecule has 1 amide bonds. The van der Waals surface area contributed by atoms with Gasteiger partial charge < -0.3 is 15.0 Å². The van der Waals surface area contributed by atoms with Crippen LogP contribution in [0.4, 0.5) is 5.69 Å². The van der Waals surface area contributed by atoms with E-state index < -0.39 is 0 Å². The molecule has 4 rings (SSSR count). The van der Waals surface area contributed by atoms with Crippen molar-refractivity contribution in [1.82, 2.24) is 15.3 Å². The zero-order chi connectivity index (χ0) is 20.2. The van der Waals surface area contributed by atoms with Crippen molar-refractivity contribution in [2.45, 2.75) is 12.5 Å². The van der Waals surface area contributed by atoms with Gasteiger partial charge in [-0.3, -0.25) is 4.79 Å². The number of nitrogens with one attached hydrogen (secondary N) is 1. The van der Waals surface area contributed by atoms with Gasteiger partial charge >= 0.3 is 0 Å². The van der Waals surface area contributed by atoms with Crippen molar-refractivity contribution in [3.05, 3.63) is 71.5 Å². The van der Waals surface area contributed by atoms with Gasteiger partial charge in [0.15, 0.2) is 5.82 Å². The molecule has 1 aliphatic rings. The van der Waals surface area contributed by atoms with Crippen LogP contribution in [0.25, 0.3) is 11.4 Å². The third-order valence-corrected chi connectivity index (χ3v) is 5.19. The van der Waals surface area contributed by atoms with Gasteiger partial charge in [-0.05, 0) is 24.6 Å². The SMILES string of the molecule is COc1ccc(Cl)cc1N1CCC(NC(=O)c2cnc(-c3ccccc3)nc2)C1. The largest absolute Gasteiger partial charge is 0.495 e. The second-order valence-electron chi connectivity index (χ2n) is 6.88. The highest BCUT2D eigenvalue weighted by molar-refractivity contribution is 6.30. The van der Waals surface area contributed by atoms with Crippen LogP contribution in [0.1, 0.15) is 16.8 Å². The molecule has 29 heavy (non-hydrogen) atoms. The molecule has 1 aromatic heterocycles. The molecule has 0 aliphatic carbocycles. The van der Waals surface area contributed by atoms with Gasteiger partial charge in [-0.15, -0.1) is 0 Å². The van der Waals surface area contributed by atoms with Crippen molar-refractivity contribution >= 4 is 23.2 Å². The summed E-state index contributed by atoms with van der Waals surface area (Å²) in [5.74, 6) is 1.20. The number of amides is 1. The van der Waals surface area contributed by atoms with E-state index in [1.54, 1.807) is 25.6 Å². The molecule has 7 heteroatoms. The summed E-state index contributed by atoms with van der Waals surface area (Å²) < 4.78 is 5.44. The summed E-state index contributed by atoms with van der Waals surface area (Å²) in [6, 6.07) is 15.3. The van der Waals surface area contributed by atoms with Gasteiger partial charge in [-0.25, -0.2) is 9.97 Å². The number of ether oxygens (including phenoxy) is 1. The van der Waals surface area contributed by atoms with E-state index in [0.717, 1.165) is 30.0 Å². The Kier molecular flexibility index (Phi) is 5.62. The maximum atomic E-state index is 12.6. The molecule has 1 saturated heterocycles. The van der Waals surface area contributed by atoms with Crippen LogP contribution >= 0.6 is 11.6 Å². The molecule has 148 valence electrons. The minimum absolute atomic E-state index is 0.0278. The van der Waals surface area contributed by atoms with Gasteiger partial charge in [0.1, 0.15) is 5.75 Å². The number of benzene rings is 2. The van der Waals surface area contributed by atoms with Gasteiger partial charge in [0.25, 0.3) is 5.91 Å². The Labute approximate surface area is 174 Å². The summed E-state index contributed by atoms with van der Waals surface area (Å²) in [4.78, 5) is 23.4. The minimum Gasteiger partial charge on any atom is -0.495 e. The molecule has 1 atom stereocenters. The molecule has 2 aromatic carbocycles. The van der Waals surface area contributed by atoms with E-state index >= 15 is 0 Å². The molecule has 2 heterocycles. The van der Waals surface area contributed by atoms with Crippen LogP contribution in [0.5, 0.6) is 5.75 Å². The van der Waals surface area contributed by atoms with E-state index in [9.17, 15) is 4.79 Å². The van der Waals surface area contributed by atoms with Crippen LogP contribution < -0.4 is 15.0 Å². The summed E-state index contributed by atoms with van der Waals surface area (Å²) in [6.45, 7) is 1.50. The number of aromatic nitrogens is 2. The monoisotopic (exact) mass is 408 g/mol. The van der Waals surface area contributed by atoms with Crippen LogP contribution in [0.3, 0.4) is 0 Å². The van der Waals surface area contributed by atoms with Crippen LogP contribution in [0.2, 0.25) is 5.02 Å². The van der Waals surface area contributed by atoms with Crippen LogP contribution in [0, 0.1) is 0 Å². The summed E-state index contributed by atoms with van der Waals surface area (Å²) in [5, 5.41) is 3.73. The summed E-state index contributed by atoms with van der Waals surface area (Å²) >= 11 is 6.14. The molecule has 1 aliphatic heterocycles. The van der Waals surface area contributed by atoms with E-state index in [1.807, 2.05) is 42.5 Å². The lowest BCUT2D eigenvalue weighted by Crippen LogP contribution is -2.37. The molecule has 1 unspecified atom stereocenters. The Morgan fingerprint density at radius 3 is 2.66 bits per heavy atom. The van der Waals surface area contributed by atoms with Crippen molar-refractivity contribution in [1.29, 1.82) is 0 Å². The first-order valence-electron chi connectivity index (χ1n) is 9.41. The number of methoxy groups -OCH3 is 1. The maximum Gasteiger partial charge on any atom is 0.254 e. The molecule has 6 nitrogen and oxygen atoms in total. The first kappa shape index (κ1) is 19.2. The maximum absolute atomic E-state index is 12.6. The smallest absolute Gasteiger partial charge is 0.254 e. The number of hydrogen-bond donors (Lipinski definition) is 1. The Morgan fingerprint density at radius 2 is 1.93 bits per heavy atom. The van der Waals surface area contributed by atoms with E-state index in [-0.39, 0.29) is 11.9 Å². The lowest BCUT2D eigenvalue weighted by atomic mass is 10.2. The Balaban J connectivity index is 1.40. The number of nitrogens with zero attached hydrogens (tertiary/aromatic N) is 3. The molecule has 0 bridgehead atoms. The van der Waals surface area contributed by atoms with Gasteiger partial charge in [-0.1, -0.05) is 41.9 Å². The van der Waals surface area contributed by atoms with Gasteiger partial charge in [0, 0.05) is 42.1 Å². The van der Waals surface area contributed by atoms with E-state index in [1.165, 1.54) is 0 Å². The molecule has 0 saturated carbocycles. The van der Waals surface area contributed by atoms with E-state index in [2.05, 4.69) is 20.2 Å². The normalized spacial score (nSPS) is 15.9. The highest BCUT2D eigenvalue weighted by atomic mass is 35.5. The number of carbonyl (C=O) groups excluding carboxylic acids is 1. The minimum atomic E-state index is -0.172. The summed E-state index contributed by atoms with van der Waals surface area (Å²) in [5.41, 5.74) is 2.30. The third-order valence-electron chi connectivity index (χ3n) is 4.95. The predicted octanol–water partition coefficient (Wildman–Crippen LogP) is 3.81. The van der Waals surface area contributed by atoms with Crippen molar-refractivity contribution in [2.75, 3.05) is 25.1 Å². The standard InChI is InChI=1S/C22H21ClN4O2/c1-29-20-8-7-17(23)11-19(20)27-10-9-18(14-27)26-22(28)16-12-24-21(25-13-16)15-5-3-2-4-6-15/h2-8,11-13,18H,9-10,14H2,1H3,(H,26,28). The topological polar surface area (TPSA) is 67.3 Å². The summed E-state index contributed by atoms with van der Waals surface area (Å²) in [7, 11) is 1.64. The van der Waals surface area contributed by atoms with E-state index in [0.29, 0.717) is 23.0 Å². The average Bonchev–Trinajstić information content (AvgIpc) is 3.23. The first-order chi connectivity index (χ1) is 14.1. The first-order valence-corrected chi connectivity index (χ1v) is 9.78. The second kappa shape index (κ2) is 8.49. The number of carbonyl (C=O) groups is 1. The molecular formula is C22H21ClN4O2. The Bertz CT molecular complexity index is 995. The summed E-state index contributed by atoms with van der Waals surface area (Å²) in [6.07, 6.45) is 3.97. The van der Waals surface area contributed by atoms with Crippen molar-refractivity contribution in [3.8, 4) is 17.1 Å². The number of halogens is 1. The number of anilines is 1. The fraction of sp³-hybridized carbons (Fsp3) is 0.227. The zero-order valence-corrected chi connectivity index (χ0v) is 16.8. The van der Waals surface area contributed by atoms with Gasteiger partial charge in [0.05, 0.1) is 18.4 Å². The quantitative estimate of drug-likeness (QED) is 0.695. The van der Waals surface area contributed by atoms with Crippen molar-refractivity contribution < 1.29 is 9.53 Å². The van der Waals surface area contributed by atoms with Crippen LogP contribution in [0.15, 0.2) is 60.9 Å². The van der Waals surface area contributed by atoms with Gasteiger partial charge in [0.2, 0.25) is 0 Å². The van der Waals surface area contributed by atoms with E-state index in [4.69, 9.17) is 16.3 Å². The Hall–Kier alpha value is -3.12. The zero-order valence-electron chi connectivity index (χ0n) is 16.0. The predicted molar refractivity (Wildman–Crippen MR) is 114 cm³/mol. The highest BCUT2D eigenvalue weighted by Gasteiger charge is 2.26. The highest BCUT2D eigenvalue weighted by Crippen LogP contribution is 2.33. The van der Waals surface area contributed by atoms with Crippen molar-refractivity contribution in [2.24, 2.45) is 0 Å². The molecule has 1 fully saturated rings. The fourth-order valence-electron chi connectivity index (χ4n) is 3.46. The second-order valence-corrected chi connectivity index (χ2v) is 7.32. The molecule has 3 aromatic rings. The Morgan fingerprint density at radius 1 is 1.17 bits per heavy atom. The molecule has 1 N–H and O–H groups in total. The lowest BCUT2D eigenvalue weighted by Gasteiger charge is -2.21. The lowest BCUT2D eigenvalue weighted by molar-refractivity contribution is 0.0939. The van der Waals surface area contributed by atoms with Crippen molar-refractivity contribution in [3.63, 3.8) is 0 Å². The number of rotatable bonds is 5. The number of hydrogen-bond acceptors (Lipinski definition) is 5. The molecular weight excluding hydrogens is 388 g/mol. The molecule has 0 spiro atoms. The van der Waals surface area contributed by atoms with Crippen LogP contribution in [-0.2, 0) is 0 Å². The fourth-order valence-corrected chi connectivity index (χ4v) is 3.62. The van der Waals surface area contributed by atoms with Gasteiger partial charge in [-0.2, -0.15) is 0 Å². The average molecular weight is 409 g/mol. The molecule has 0 radical (unpaired) electrons. The van der Waals surface area contributed by atoms with Crippen LogP contribution in [-0.4, -0.2) is 42.1 Å². The third kappa shape index (κ3) is 4.32.